The lowest BCUT2D eigenvalue weighted by Gasteiger charge is -2.13. The molecule has 0 aliphatic heterocycles. The van der Waals surface area contributed by atoms with Gasteiger partial charge >= 0.3 is 0 Å². The molecule has 7 aromatic carbocycles. The van der Waals surface area contributed by atoms with Crippen LogP contribution in [0.1, 0.15) is 5.56 Å². The van der Waals surface area contributed by atoms with E-state index in [1.165, 1.54) is 14.7 Å². The minimum Gasteiger partial charge on any atom is -0.354 e. The molecule has 234 valence electrons. The molecule has 0 aliphatic rings. The zero-order valence-corrected chi connectivity index (χ0v) is 27.4. The van der Waals surface area contributed by atoms with Crippen LogP contribution >= 0.6 is 0 Å². The Morgan fingerprint density at radius 3 is 1.78 bits per heavy atom. The first kappa shape index (κ1) is 28.0. The molecular formula is C43H29N3O2S. The summed E-state index contributed by atoms with van der Waals surface area (Å²) in [6, 6.07) is 51.1. The highest BCUT2D eigenvalue weighted by molar-refractivity contribution is 7.90. The lowest BCUT2D eigenvalue weighted by Crippen LogP contribution is -2.12. The van der Waals surface area contributed by atoms with E-state index in [-0.39, 0.29) is 4.90 Å². The molecule has 5 nitrogen and oxygen atoms in total. The molecule has 10 rings (SSSR count). The third kappa shape index (κ3) is 4.01. The maximum Gasteiger partial charge on any atom is 0.268 e. The molecule has 3 heterocycles. The van der Waals surface area contributed by atoms with Crippen LogP contribution in [0, 0.1) is 6.92 Å². The number of hydrogen-bond acceptors (Lipinski definition) is 2. The molecule has 1 N–H and O–H groups in total. The van der Waals surface area contributed by atoms with Gasteiger partial charge in [-0.3, -0.25) is 0 Å². The highest BCUT2D eigenvalue weighted by Gasteiger charge is 2.24. The summed E-state index contributed by atoms with van der Waals surface area (Å²) >= 11 is 0. The smallest absolute Gasteiger partial charge is 0.268 e. The van der Waals surface area contributed by atoms with Crippen LogP contribution in [-0.2, 0) is 10.0 Å². The highest BCUT2D eigenvalue weighted by Crippen LogP contribution is 2.41. The second-order valence-corrected chi connectivity index (χ2v) is 14.6. The zero-order chi connectivity index (χ0) is 32.9. The Kier molecular flexibility index (Phi) is 5.82. The Labute approximate surface area is 282 Å². The summed E-state index contributed by atoms with van der Waals surface area (Å²) in [5.41, 5.74) is 9.84. The monoisotopic (exact) mass is 651 g/mol. The Morgan fingerprint density at radius 1 is 0.510 bits per heavy atom. The number of benzene rings is 7. The van der Waals surface area contributed by atoms with E-state index >= 15 is 0 Å². The van der Waals surface area contributed by atoms with E-state index in [4.69, 9.17) is 0 Å². The molecule has 49 heavy (non-hydrogen) atoms. The van der Waals surface area contributed by atoms with Crippen LogP contribution in [0.5, 0.6) is 0 Å². The fraction of sp³-hybridized carbons (Fsp3) is 0.0233. The lowest BCUT2D eigenvalue weighted by molar-refractivity contribution is 0.590. The van der Waals surface area contributed by atoms with Crippen LogP contribution in [0.4, 0.5) is 0 Å². The highest BCUT2D eigenvalue weighted by atomic mass is 32.2. The second kappa shape index (κ2) is 10.2. The topological polar surface area (TPSA) is 59.8 Å². The summed E-state index contributed by atoms with van der Waals surface area (Å²) in [4.78, 5) is 3.99. The fourth-order valence-corrected chi connectivity index (χ4v) is 9.20. The summed E-state index contributed by atoms with van der Waals surface area (Å²) in [7, 11) is -3.87. The van der Waals surface area contributed by atoms with Gasteiger partial charge in [-0.2, -0.15) is 0 Å². The number of H-pyrrole nitrogens is 1. The van der Waals surface area contributed by atoms with Gasteiger partial charge in [0.15, 0.2) is 0 Å². The van der Waals surface area contributed by atoms with Gasteiger partial charge in [0, 0.05) is 49.1 Å². The molecule has 0 amide bonds. The van der Waals surface area contributed by atoms with E-state index in [2.05, 4.69) is 107 Å². The summed E-state index contributed by atoms with van der Waals surface area (Å²) in [5.74, 6) is 0. The van der Waals surface area contributed by atoms with Crippen molar-refractivity contribution in [2.24, 2.45) is 0 Å². The minimum atomic E-state index is -3.87. The van der Waals surface area contributed by atoms with E-state index in [9.17, 15) is 8.42 Å². The molecule has 6 heteroatoms. The van der Waals surface area contributed by atoms with Gasteiger partial charge in [-0.15, -0.1) is 0 Å². The Balaban J connectivity index is 1.28. The van der Waals surface area contributed by atoms with Crippen molar-refractivity contribution >= 4 is 75.4 Å². The van der Waals surface area contributed by atoms with Crippen molar-refractivity contribution in [2.45, 2.75) is 11.8 Å². The third-order valence-corrected chi connectivity index (χ3v) is 11.7. The maximum atomic E-state index is 14.2. The Hall–Kier alpha value is -6.11. The van der Waals surface area contributed by atoms with Crippen molar-refractivity contribution in [3.05, 3.63) is 157 Å². The summed E-state index contributed by atoms with van der Waals surface area (Å²) in [6.07, 6.45) is 0. The number of para-hydroxylation sites is 4. The maximum absolute atomic E-state index is 14.2. The van der Waals surface area contributed by atoms with Crippen molar-refractivity contribution in [1.29, 1.82) is 0 Å². The predicted octanol–water partition coefficient (Wildman–Crippen LogP) is 10.7. The molecule has 0 aliphatic carbocycles. The number of rotatable bonds is 4. The van der Waals surface area contributed by atoms with Gasteiger partial charge < -0.3 is 9.55 Å². The van der Waals surface area contributed by atoms with Crippen molar-refractivity contribution in [1.82, 2.24) is 13.5 Å². The fourth-order valence-electron chi connectivity index (χ4n) is 7.67. The van der Waals surface area contributed by atoms with Crippen LogP contribution in [0.2, 0.25) is 0 Å². The molecule has 0 radical (unpaired) electrons. The Morgan fingerprint density at radius 2 is 1.08 bits per heavy atom. The molecule has 3 aromatic heterocycles. The van der Waals surface area contributed by atoms with Crippen LogP contribution in [0.25, 0.3) is 82.2 Å². The van der Waals surface area contributed by atoms with Gasteiger partial charge in [0.1, 0.15) is 0 Å². The zero-order valence-electron chi connectivity index (χ0n) is 26.6. The van der Waals surface area contributed by atoms with E-state index in [1.807, 2.05) is 49.4 Å². The quantitative estimate of drug-likeness (QED) is 0.206. The van der Waals surface area contributed by atoms with Gasteiger partial charge in [0.2, 0.25) is 0 Å². The first-order valence-corrected chi connectivity index (χ1v) is 17.8. The van der Waals surface area contributed by atoms with Crippen LogP contribution in [0.15, 0.2) is 157 Å². The Bertz CT molecular complexity index is 3020. The van der Waals surface area contributed by atoms with Crippen molar-refractivity contribution in [3.8, 4) is 16.8 Å². The second-order valence-electron chi connectivity index (χ2n) is 12.8. The molecule has 0 saturated heterocycles. The molecular weight excluding hydrogens is 623 g/mol. The average Bonchev–Trinajstić information content (AvgIpc) is 3.79. The summed E-state index contributed by atoms with van der Waals surface area (Å²) in [5, 5.41) is 6.49. The lowest BCUT2D eigenvalue weighted by atomic mass is 9.99. The molecule has 0 spiro atoms. The number of aromatic amines is 1. The predicted molar refractivity (Wildman–Crippen MR) is 202 cm³/mol. The number of aryl methyl sites for hydroxylation is 1. The number of nitrogens with one attached hydrogen (secondary N) is 1. The summed E-state index contributed by atoms with van der Waals surface area (Å²) in [6.45, 7) is 1.96. The van der Waals surface area contributed by atoms with Gasteiger partial charge in [0.05, 0.1) is 32.5 Å². The van der Waals surface area contributed by atoms with Crippen molar-refractivity contribution < 1.29 is 8.42 Å². The van der Waals surface area contributed by atoms with Gasteiger partial charge in [-0.05, 0) is 73.2 Å². The van der Waals surface area contributed by atoms with Crippen LogP contribution in [0.3, 0.4) is 0 Å². The number of aromatic nitrogens is 3. The first-order chi connectivity index (χ1) is 24.0. The average molecular weight is 652 g/mol. The van der Waals surface area contributed by atoms with E-state index in [0.29, 0.717) is 11.0 Å². The SMILES string of the molecule is Cc1ccc(S(=O)(=O)n2c3ccccc3c3cc(-c4cc(-n5c6ccccc6c6ccccc65)cc5c4[nH]c4ccccc45)ccc32)cc1. The van der Waals surface area contributed by atoms with Crippen LogP contribution < -0.4 is 0 Å². The van der Waals surface area contributed by atoms with Gasteiger partial charge in [-0.1, -0.05) is 96.6 Å². The molecule has 0 unspecified atom stereocenters. The summed E-state index contributed by atoms with van der Waals surface area (Å²) < 4.78 is 32.3. The van der Waals surface area contributed by atoms with Crippen LogP contribution in [-0.4, -0.2) is 21.9 Å². The first-order valence-electron chi connectivity index (χ1n) is 16.4. The molecule has 0 fully saturated rings. The minimum absolute atomic E-state index is 0.267. The van der Waals surface area contributed by atoms with Crippen molar-refractivity contribution in [3.63, 3.8) is 0 Å². The van der Waals surface area contributed by atoms with Crippen molar-refractivity contribution in [2.75, 3.05) is 0 Å². The van der Waals surface area contributed by atoms with E-state index < -0.39 is 10.0 Å². The van der Waals surface area contributed by atoms with E-state index in [0.717, 1.165) is 66.0 Å². The molecule has 0 bridgehead atoms. The molecule has 0 saturated carbocycles. The normalized spacial score (nSPS) is 12.3. The van der Waals surface area contributed by atoms with Gasteiger partial charge in [-0.25, -0.2) is 12.4 Å². The number of nitrogens with zero attached hydrogens (tertiary/aromatic N) is 2. The number of fused-ring (bicyclic) bond motifs is 9. The van der Waals surface area contributed by atoms with Gasteiger partial charge in [0.25, 0.3) is 10.0 Å². The third-order valence-electron chi connectivity index (χ3n) is 9.94. The molecule has 0 atom stereocenters. The molecule has 10 aromatic rings. The standard InChI is InChI=1S/C43H29N3O2S/c1-27-18-21-30(22-19-27)49(47,48)46-41-17-9-5-13-34(41)36-24-28(20-23-42(36)46)35-25-29(26-37-31-10-2-6-14-38(31)44-43(35)37)45-39-15-7-3-11-32(39)33-12-4-8-16-40(33)45/h2-26,44H,1H3. The van der Waals surface area contributed by atoms with E-state index in [1.54, 1.807) is 12.1 Å². The number of hydrogen-bond donors (Lipinski definition) is 1. The largest absolute Gasteiger partial charge is 0.354 e.